The second-order valence-corrected chi connectivity index (χ2v) is 7.21. The Morgan fingerprint density at radius 3 is 2.25 bits per heavy atom. The molecule has 3 rings (SSSR count). The number of nitrogens with one attached hydrogen (secondary N) is 1. The molecule has 0 aliphatic carbocycles. The highest BCUT2D eigenvalue weighted by atomic mass is 15.3. The molecule has 0 aliphatic rings. The van der Waals surface area contributed by atoms with Gasteiger partial charge in [0.05, 0.1) is 5.69 Å². The molecule has 1 aromatic heterocycles. The van der Waals surface area contributed by atoms with Crippen molar-refractivity contribution in [2.75, 3.05) is 0 Å². The maximum Gasteiger partial charge on any atom is 0.0645 e. The Kier molecular flexibility index (Phi) is 4.81. The van der Waals surface area contributed by atoms with Crippen LogP contribution in [0, 0.1) is 5.41 Å². The van der Waals surface area contributed by atoms with E-state index in [1.807, 2.05) is 16.9 Å². The standard InChI is InChI=1S/C21H25N3/c1-21(2,3)20(18-8-5-4-6-9-18)22-16-17-10-12-19(13-11-17)24-15-7-14-23-24/h4-15,20,22H,16H2,1-3H3. The van der Waals surface area contributed by atoms with Gasteiger partial charge in [-0.1, -0.05) is 63.2 Å². The van der Waals surface area contributed by atoms with Crippen molar-refractivity contribution >= 4 is 0 Å². The van der Waals surface area contributed by atoms with Crippen LogP contribution in [-0.4, -0.2) is 9.78 Å². The summed E-state index contributed by atoms with van der Waals surface area (Å²) in [5, 5.41) is 7.99. The predicted molar refractivity (Wildman–Crippen MR) is 99.0 cm³/mol. The fourth-order valence-electron chi connectivity index (χ4n) is 2.98. The number of benzene rings is 2. The Morgan fingerprint density at radius 2 is 1.67 bits per heavy atom. The third-order valence-corrected chi connectivity index (χ3v) is 4.21. The molecule has 0 amide bonds. The van der Waals surface area contributed by atoms with E-state index in [-0.39, 0.29) is 5.41 Å². The van der Waals surface area contributed by atoms with E-state index in [2.05, 4.69) is 85.8 Å². The van der Waals surface area contributed by atoms with Gasteiger partial charge >= 0.3 is 0 Å². The molecule has 1 atom stereocenters. The fourth-order valence-corrected chi connectivity index (χ4v) is 2.98. The van der Waals surface area contributed by atoms with E-state index in [4.69, 9.17) is 0 Å². The van der Waals surface area contributed by atoms with Crippen LogP contribution in [0.4, 0.5) is 0 Å². The predicted octanol–water partition coefficient (Wildman–Crippen LogP) is 4.75. The van der Waals surface area contributed by atoms with Crippen molar-refractivity contribution in [2.45, 2.75) is 33.4 Å². The average molecular weight is 319 g/mol. The summed E-state index contributed by atoms with van der Waals surface area (Å²) in [4.78, 5) is 0. The summed E-state index contributed by atoms with van der Waals surface area (Å²) in [7, 11) is 0. The number of hydrogen-bond donors (Lipinski definition) is 1. The lowest BCUT2D eigenvalue weighted by molar-refractivity contribution is 0.271. The summed E-state index contributed by atoms with van der Waals surface area (Å²) in [5.74, 6) is 0. The SMILES string of the molecule is CC(C)(C)C(NCc1ccc(-n2cccn2)cc1)c1ccccc1. The van der Waals surface area contributed by atoms with Crippen molar-refractivity contribution in [1.29, 1.82) is 0 Å². The Balaban J connectivity index is 1.71. The largest absolute Gasteiger partial charge is 0.305 e. The molecule has 3 aromatic rings. The van der Waals surface area contributed by atoms with Gasteiger partial charge in [-0.05, 0) is 34.7 Å². The molecule has 2 aromatic carbocycles. The van der Waals surface area contributed by atoms with E-state index in [1.165, 1.54) is 11.1 Å². The molecule has 0 bridgehead atoms. The summed E-state index contributed by atoms with van der Waals surface area (Å²) in [5.41, 5.74) is 3.84. The second-order valence-electron chi connectivity index (χ2n) is 7.21. The Hall–Kier alpha value is -2.39. The van der Waals surface area contributed by atoms with E-state index in [9.17, 15) is 0 Å². The van der Waals surface area contributed by atoms with E-state index in [1.54, 1.807) is 6.20 Å². The van der Waals surface area contributed by atoms with E-state index < -0.39 is 0 Å². The first kappa shape index (κ1) is 16.5. The second kappa shape index (κ2) is 7.02. The molecule has 24 heavy (non-hydrogen) atoms. The van der Waals surface area contributed by atoms with Gasteiger partial charge in [-0.25, -0.2) is 4.68 Å². The molecule has 0 aliphatic heterocycles. The third kappa shape index (κ3) is 3.92. The lowest BCUT2D eigenvalue weighted by Gasteiger charge is -2.32. The van der Waals surface area contributed by atoms with Gasteiger partial charge in [0.1, 0.15) is 0 Å². The average Bonchev–Trinajstić information content (AvgIpc) is 3.10. The van der Waals surface area contributed by atoms with Gasteiger partial charge in [-0.15, -0.1) is 0 Å². The maximum atomic E-state index is 4.26. The molecular weight excluding hydrogens is 294 g/mol. The molecule has 1 N–H and O–H groups in total. The van der Waals surface area contributed by atoms with Crippen LogP contribution in [-0.2, 0) is 6.54 Å². The van der Waals surface area contributed by atoms with Gasteiger partial charge in [0.25, 0.3) is 0 Å². The van der Waals surface area contributed by atoms with Gasteiger partial charge in [0.2, 0.25) is 0 Å². The monoisotopic (exact) mass is 319 g/mol. The molecule has 0 saturated carbocycles. The molecule has 124 valence electrons. The number of rotatable bonds is 5. The third-order valence-electron chi connectivity index (χ3n) is 4.21. The summed E-state index contributed by atoms with van der Waals surface area (Å²) >= 11 is 0. The Labute approximate surface area is 144 Å². The van der Waals surface area contributed by atoms with Gasteiger partial charge < -0.3 is 5.32 Å². The Bertz CT molecular complexity index is 738. The summed E-state index contributed by atoms with van der Waals surface area (Å²) in [6.45, 7) is 7.67. The van der Waals surface area contributed by atoms with Crippen LogP contribution in [0.1, 0.15) is 37.9 Å². The smallest absolute Gasteiger partial charge is 0.0645 e. The zero-order valence-electron chi connectivity index (χ0n) is 14.6. The molecule has 0 spiro atoms. The van der Waals surface area contributed by atoms with Crippen LogP contribution < -0.4 is 5.32 Å². The maximum absolute atomic E-state index is 4.26. The number of nitrogens with zero attached hydrogens (tertiary/aromatic N) is 2. The molecule has 1 unspecified atom stereocenters. The first-order valence-corrected chi connectivity index (χ1v) is 8.41. The van der Waals surface area contributed by atoms with Crippen molar-refractivity contribution in [1.82, 2.24) is 15.1 Å². The van der Waals surface area contributed by atoms with Crippen LogP contribution >= 0.6 is 0 Å². The minimum Gasteiger partial charge on any atom is -0.305 e. The minimum atomic E-state index is 0.149. The van der Waals surface area contributed by atoms with Gasteiger partial charge in [0.15, 0.2) is 0 Å². The van der Waals surface area contributed by atoms with Gasteiger partial charge in [-0.2, -0.15) is 5.10 Å². The zero-order valence-corrected chi connectivity index (χ0v) is 14.6. The summed E-state index contributed by atoms with van der Waals surface area (Å²) in [6.07, 6.45) is 3.75. The molecule has 0 radical (unpaired) electrons. The topological polar surface area (TPSA) is 29.9 Å². The Morgan fingerprint density at radius 1 is 0.958 bits per heavy atom. The lowest BCUT2D eigenvalue weighted by Crippen LogP contribution is -2.32. The van der Waals surface area contributed by atoms with Crippen LogP contribution in [0.2, 0.25) is 0 Å². The van der Waals surface area contributed by atoms with Crippen LogP contribution in [0.3, 0.4) is 0 Å². The van der Waals surface area contributed by atoms with Crippen LogP contribution in [0.25, 0.3) is 5.69 Å². The quantitative estimate of drug-likeness (QED) is 0.735. The van der Waals surface area contributed by atoms with Crippen molar-refractivity contribution in [2.24, 2.45) is 5.41 Å². The highest BCUT2D eigenvalue weighted by Gasteiger charge is 2.25. The van der Waals surface area contributed by atoms with E-state index in [0.29, 0.717) is 6.04 Å². The molecule has 1 heterocycles. The molecular formula is C21H25N3. The molecule has 3 heteroatoms. The van der Waals surface area contributed by atoms with Gasteiger partial charge in [0, 0.05) is 25.0 Å². The van der Waals surface area contributed by atoms with E-state index in [0.717, 1.165) is 12.2 Å². The molecule has 3 nitrogen and oxygen atoms in total. The highest BCUT2D eigenvalue weighted by molar-refractivity contribution is 5.34. The van der Waals surface area contributed by atoms with E-state index >= 15 is 0 Å². The van der Waals surface area contributed by atoms with Crippen molar-refractivity contribution in [3.05, 3.63) is 84.2 Å². The van der Waals surface area contributed by atoms with Gasteiger partial charge in [-0.3, -0.25) is 0 Å². The van der Waals surface area contributed by atoms with Crippen molar-refractivity contribution in [3.8, 4) is 5.69 Å². The lowest BCUT2D eigenvalue weighted by atomic mass is 9.82. The summed E-state index contributed by atoms with van der Waals surface area (Å²) in [6, 6.07) is 21.5. The van der Waals surface area contributed by atoms with Crippen molar-refractivity contribution in [3.63, 3.8) is 0 Å². The normalized spacial score (nSPS) is 13.0. The first-order chi connectivity index (χ1) is 11.5. The fraction of sp³-hybridized carbons (Fsp3) is 0.286. The van der Waals surface area contributed by atoms with Crippen LogP contribution in [0.15, 0.2) is 73.1 Å². The van der Waals surface area contributed by atoms with Crippen LogP contribution in [0.5, 0.6) is 0 Å². The molecule has 0 fully saturated rings. The number of hydrogen-bond acceptors (Lipinski definition) is 2. The zero-order chi connectivity index (χ0) is 17.0. The van der Waals surface area contributed by atoms with Crippen molar-refractivity contribution < 1.29 is 0 Å². The highest BCUT2D eigenvalue weighted by Crippen LogP contribution is 2.32. The summed E-state index contributed by atoms with van der Waals surface area (Å²) < 4.78 is 1.87. The minimum absolute atomic E-state index is 0.149. The first-order valence-electron chi connectivity index (χ1n) is 8.41. The molecule has 0 saturated heterocycles. The number of aromatic nitrogens is 2.